The molecule has 1 heterocycles. The fourth-order valence-corrected chi connectivity index (χ4v) is 4.47. The maximum atomic E-state index is 13.5. The molecule has 4 heteroatoms. The van der Waals surface area contributed by atoms with Crippen molar-refractivity contribution in [2.75, 3.05) is 39.3 Å². The molecule has 1 unspecified atom stereocenters. The maximum absolute atomic E-state index is 13.5. The lowest BCUT2D eigenvalue weighted by Crippen LogP contribution is -2.43. The molecular formula is C28H39N3O. The second-order valence-electron chi connectivity index (χ2n) is 8.83. The molecule has 0 aromatic heterocycles. The highest BCUT2D eigenvalue weighted by atomic mass is 16.2. The summed E-state index contributed by atoms with van der Waals surface area (Å²) in [4.78, 5) is 15.6. The number of hydrogen-bond acceptors (Lipinski definition) is 3. The Morgan fingerprint density at radius 3 is 2.25 bits per heavy atom. The summed E-state index contributed by atoms with van der Waals surface area (Å²) in [7, 11) is 0. The lowest BCUT2D eigenvalue weighted by atomic mass is 9.89. The molecule has 4 nitrogen and oxygen atoms in total. The van der Waals surface area contributed by atoms with Gasteiger partial charge in [-0.1, -0.05) is 66.7 Å². The van der Waals surface area contributed by atoms with Crippen molar-refractivity contribution in [2.24, 2.45) is 5.92 Å². The molecule has 2 aromatic carbocycles. The zero-order valence-electron chi connectivity index (χ0n) is 19.3. The Hall–Kier alpha value is -2.43. The van der Waals surface area contributed by atoms with Gasteiger partial charge in [-0.2, -0.15) is 0 Å². The van der Waals surface area contributed by atoms with Crippen LogP contribution in [-0.2, 0) is 11.2 Å². The summed E-state index contributed by atoms with van der Waals surface area (Å²) in [5.41, 5.74) is 2.33. The van der Waals surface area contributed by atoms with E-state index in [2.05, 4.69) is 58.5 Å². The molecule has 172 valence electrons. The normalized spacial score (nSPS) is 15.4. The van der Waals surface area contributed by atoms with Crippen molar-refractivity contribution in [3.8, 4) is 0 Å². The van der Waals surface area contributed by atoms with Crippen LogP contribution in [0.15, 0.2) is 73.3 Å². The van der Waals surface area contributed by atoms with Crippen LogP contribution in [0, 0.1) is 5.92 Å². The molecule has 0 aliphatic carbocycles. The first kappa shape index (κ1) is 24.2. The number of rotatable bonds is 13. The van der Waals surface area contributed by atoms with Gasteiger partial charge < -0.3 is 15.5 Å². The predicted molar refractivity (Wildman–Crippen MR) is 134 cm³/mol. The summed E-state index contributed by atoms with van der Waals surface area (Å²) in [6.07, 6.45) is 7.22. The van der Waals surface area contributed by atoms with Crippen LogP contribution < -0.4 is 10.6 Å². The number of piperidine rings is 1. The van der Waals surface area contributed by atoms with Gasteiger partial charge in [0.05, 0.1) is 5.92 Å². The van der Waals surface area contributed by atoms with Gasteiger partial charge in [-0.15, -0.1) is 6.58 Å². The molecule has 2 aromatic rings. The smallest absolute Gasteiger partial charge is 0.230 e. The van der Waals surface area contributed by atoms with Gasteiger partial charge in [0.2, 0.25) is 5.91 Å². The van der Waals surface area contributed by atoms with E-state index in [0.717, 1.165) is 64.1 Å². The number of benzene rings is 2. The summed E-state index contributed by atoms with van der Waals surface area (Å²) in [6.45, 7) is 9.54. The van der Waals surface area contributed by atoms with Gasteiger partial charge in [-0.25, -0.2) is 0 Å². The quantitative estimate of drug-likeness (QED) is 0.364. The molecule has 32 heavy (non-hydrogen) atoms. The van der Waals surface area contributed by atoms with Crippen LogP contribution in [0.1, 0.15) is 42.7 Å². The Kier molecular flexibility index (Phi) is 10.5. The van der Waals surface area contributed by atoms with E-state index in [0.29, 0.717) is 5.92 Å². The van der Waals surface area contributed by atoms with Gasteiger partial charge in [-0.3, -0.25) is 4.79 Å². The molecule has 1 saturated heterocycles. The van der Waals surface area contributed by atoms with Crippen molar-refractivity contribution in [3.63, 3.8) is 0 Å². The minimum absolute atomic E-state index is 0.108. The molecule has 0 radical (unpaired) electrons. The van der Waals surface area contributed by atoms with Gasteiger partial charge in [0.15, 0.2) is 0 Å². The Balaban J connectivity index is 1.44. The van der Waals surface area contributed by atoms with Gasteiger partial charge in [0, 0.05) is 19.6 Å². The molecular weight excluding hydrogens is 394 g/mol. The first-order valence-electron chi connectivity index (χ1n) is 12.2. The number of carbonyl (C=O) groups excluding carboxylic acids is 1. The van der Waals surface area contributed by atoms with Crippen LogP contribution >= 0.6 is 0 Å². The third kappa shape index (κ3) is 7.92. The third-order valence-corrected chi connectivity index (χ3v) is 6.39. The molecule has 1 amide bonds. The van der Waals surface area contributed by atoms with E-state index in [1.165, 1.54) is 18.4 Å². The fraction of sp³-hybridized carbons (Fsp3) is 0.464. The summed E-state index contributed by atoms with van der Waals surface area (Å²) >= 11 is 0. The minimum Gasteiger partial charge on any atom is -0.342 e. The Labute approximate surface area is 194 Å². The average Bonchev–Trinajstić information content (AvgIpc) is 2.85. The average molecular weight is 434 g/mol. The van der Waals surface area contributed by atoms with Crippen molar-refractivity contribution in [3.05, 3.63) is 84.4 Å². The highest BCUT2D eigenvalue weighted by molar-refractivity contribution is 5.84. The second kappa shape index (κ2) is 13.9. The first-order valence-corrected chi connectivity index (χ1v) is 12.2. The summed E-state index contributed by atoms with van der Waals surface area (Å²) in [6, 6.07) is 20.7. The van der Waals surface area contributed by atoms with Crippen molar-refractivity contribution >= 4 is 5.91 Å². The molecule has 0 bridgehead atoms. The lowest BCUT2D eigenvalue weighted by Gasteiger charge is -2.34. The standard InChI is InChI=1S/C28H39N3O/c1-2-17-29-18-9-10-19-30-23-25-15-20-31(21-16-25)28(32)27(26-13-7-4-8-14-26)22-24-11-5-3-6-12-24/h2-8,11-14,25,27,29-30H,1,9-10,15-23H2. The molecule has 1 aliphatic heterocycles. The van der Waals surface area contributed by atoms with E-state index < -0.39 is 0 Å². The number of nitrogens with one attached hydrogen (secondary N) is 2. The van der Waals surface area contributed by atoms with Crippen LogP contribution in [-0.4, -0.2) is 50.1 Å². The maximum Gasteiger partial charge on any atom is 0.230 e. The first-order chi connectivity index (χ1) is 15.8. The Bertz CT molecular complexity index is 785. The van der Waals surface area contributed by atoms with E-state index in [4.69, 9.17) is 0 Å². The van der Waals surface area contributed by atoms with Crippen molar-refractivity contribution in [2.45, 2.75) is 38.0 Å². The molecule has 2 N–H and O–H groups in total. The number of carbonyl (C=O) groups is 1. The lowest BCUT2D eigenvalue weighted by molar-refractivity contribution is -0.134. The fourth-order valence-electron chi connectivity index (χ4n) is 4.47. The monoisotopic (exact) mass is 433 g/mol. The topological polar surface area (TPSA) is 44.4 Å². The minimum atomic E-state index is -0.108. The number of hydrogen-bond donors (Lipinski definition) is 2. The largest absolute Gasteiger partial charge is 0.342 e. The van der Waals surface area contributed by atoms with Crippen LogP contribution in [0.2, 0.25) is 0 Å². The van der Waals surface area contributed by atoms with Crippen molar-refractivity contribution < 1.29 is 4.79 Å². The van der Waals surface area contributed by atoms with Gasteiger partial charge in [0.25, 0.3) is 0 Å². The van der Waals surface area contributed by atoms with E-state index in [1.807, 2.05) is 30.3 Å². The molecule has 1 aliphatic rings. The third-order valence-electron chi connectivity index (χ3n) is 6.39. The molecule has 0 spiro atoms. The van der Waals surface area contributed by atoms with Crippen LogP contribution in [0.25, 0.3) is 0 Å². The van der Waals surface area contributed by atoms with Crippen LogP contribution in [0.4, 0.5) is 0 Å². The molecule has 1 atom stereocenters. The summed E-state index contributed by atoms with van der Waals surface area (Å²) in [5, 5.41) is 6.96. The van der Waals surface area contributed by atoms with Crippen LogP contribution in [0.5, 0.6) is 0 Å². The van der Waals surface area contributed by atoms with Crippen molar-refractivity contribution in [1.82, 2.24) is 15.5 Å². The van der Waals surface area contributed by atoms with E-state index in [1.54, 1.807) is 0 Å². The van der Waals surface area contributed by atoms with Gasteiger partial charge in [-0.05, 0) is 68.8 Å². The predicted octanol–water partition coefficient (Wildman–Crippen LogP) is 4.40. The number of amides is 1. The van der Waals surface area contributed by atoms with Gasteiger partial charge >= 0.3 is 0 Å². The second-order valence-corrected chi connectivity index (χ2v) is 8.83. The molecule has 1 fully saturated rings. The highest BCUT2D eigenvalue weighted by Crippen LogP contribution is 2.26. The van der Waals surface area contributed by atoms with Crippen LogP contribution in [0.3, 0.4) is 0 Å². The van der Waals surface area contributed by atoms with E-state index in [9.17, 15) is 4.79 Å². The zero-order chi connectivity index (χ0) is 22.4. The van der Waals surface area contributed by atoms with E-state index >= 15 is 0 Å². The zero-order valence-corrected chi connectivity index (χ0v) is 19.3. The Morgan fingerprint density at radius 2 is 1.59 bits per heavy atom. The molecule has 3 rings (SSSR count). The number of unbranched alkanes of at least 4 members (excludes halogenated alkanes) is 1. The number of nitrogens with zero attached hydrogens (tertiary/aromatic N) is 1. The summed E-state index contributed by atoms with van der Waals surface area (Å²) in [5.74, 6) is 0.837. The molecule has 0 saturated carbocycles. The SMILES string of the molecule is C=CCNCCCCNCC1CCN(C(=O)C(Cc2ccccc2)c2ccccc2)CC1. The van der Waals surface area contributed by atoms with Gasteiger partial charge in [0.1, 0.15) is 0 Å². The highest BCUT2D eigenvalue weighted by Gasteiger charge is 2.29. The number of likely N-dealkylation sites (tertiary alicyclic amines) is 1. The van der Waals surface area contributed by atoms with Crippen molar-refractivity contribution in [1.29, 1.82) is 0 Å². The summed E-state index contributed by atoms with van der Waals surface area (Å²) < 4.78 is 0. The van der Waals surface area contributed by atoms with E-state index in [-0.39, 0.29) is 11.8 Å². The Morgan fingerprint density at radius 1 is 0.969 bits per heavy atom.